The van der Waals surface area contributed by atoms with Crippen molar-refractivity contribution in [2.75, 3.05) is 20.1 Å². The summed E-state index contributed by atoms with van der Waals surface area (Å²) >= 11 is 0. The topological polar surface area (TPSA) is 89.3 Å². The van der Waals surface area contributed by atoms with E-state index in [4.69, 9.17) is 0 Å². The van der Waals surface area contributed by atoms with E-state index in [2.05, 4.69) is 20.9 Å². The van der Waals surface area contributed by atoms with E-state index in [1.165, 1.54) is 12.1 Å². The molecule has 1 aromatic heterocycles. The smallest absolute Gasteiger partial charge is 0.246 e. The number of H-pyrrole nitrogens is 1. The molecule has 8 heteroatoms. The Balaban J connectivity index is 1.62. The molecule has 0 unspecified atom stereocenters. The van der Waals surface area contributed by atoms with E-state index in [-0.39, 0.29) is 41.7 Å². The molecule has 2 aliphatic rings. The maximum absolute atomic E-state index is 13.8. The van der Waals surface area contributed by atoms with E-state index < -0.39 is 11.5 Å². The normalized spacial score (nSPS) is 25.1. The molecule has 0 radical (unpaired) electrons. The van der Waals surface area contributed by atoms with Crippen molar-refractivity contribution < 1.29 is 14.0 Å². The van der Waals surface area contributed by atoms with Gasteiger partial charge in [0.15, 0.2) is 0 Å². The number of rotatable bonds is 5. The molecule has 0 bridgehead atoms. The Kier molecular flexibility index (Phi) is 6.02. The summed E-state index contributed by atoms with van der Waals surface area (Å²) in [5, 5.41) is 10.5. The molecular formula is C24H34FN5O2. The molecule has 2 amide bonds. The Labute approximate surface area is 188 Å². The zero-order valence-electron chi connectivity index (χ0n) is 19.5. The van der Waals surface area contributed by atoms with Crippen molar-refractivity contribution >= 4 is 22.7 Å². The number of carbonyl (C=O) groups excluding carboxylic acids is 2. The highest BCUT2D eigenvalue weighted by Gasteiger charge is 2.49. The molecule has 0 aliphatic carbocycles. The maximum Gasteiger partial charge on any atom is 0.246 e. The van der Waals surface area contributed by atoms with Gasteiger partial charge in [-0.2, -0.15) is 0 Å². The lowest BCUT2D eigenvalue weighted by Gasteiger charge is -2.37. The lowest BCUT2D eigenvalue weighted by molar-refractivity contribution is -0.140. The Bertz CT molecular complexity index is 1010. The molecule has 5 atom stereocenters. The second kappa shape index (κ2) is 8.48. The average molecular weight is 444 g/mol. The molecule has 0 spiro atoms. The quantitative estimate of drug-likeness (QED) is 0.570. The van der Waals surface area contributed by atoms with E-state index >= 15 is 0 Å². The highest BCUT2D eigenvalue weighted by Crippen LogP contribution is 2.39. The van der Waals surface area contributed by atoms with Crippen LogP contribution in [0, 0.1) is 11.2 Å². The lowest BCUT2D eigenvalue weighted by atomic mass is 9.84. The minimum Gasteiger partial charge on any atom is -0.361 e. The molecule has 32 heavy (non-hydrogen) atoms. The zero-order chi connectivity index (χ0) is 23.2. The molecule has 3 heterocycles. The maximum atomic E-state index is 13.8. The third-order valence-corrected chi connectivity index (χ3v) is 7.05. The molecule has 0 saturated carbocycles. The van der Waals surface area contributed by atoms with Gasteiger partial charge in [0, 0.05) is 42.1 Å². The number of nitrogens with one attached hydrogen (secondary N) is 4. The van der Waals surface area contributed by atoms with Gasteiger partial charge in [0.05, 0.1) is 12.1 Å². The van der Waals surface area contributed by atoms with Gasteiger partial charge in [0.25, 0.3) is 0 Å². The van der Waals surface area contributed by atoms with Crippen LogP contribution in [-0.2, 0) is 9.59 Å². The number of hydrogen-bond donors (Lipinski definition) is 4. The summed E-state index contributed by atoms with van der Waals surface area (Å²) in [6.45, 7) is 9.12. The van der Waals surface area contributed by atoms with Crippen LogP contribution in [0.5, 0.6) is 0 Å². The van der Waals surface area contributed by atoms with Gasteiger partial charge >= 0.3 is 0 Å². The van der Waals surface area contributed by atoms with E-state index in [0.29, 0.717) is 6.54 Å². The third-order valence-electron chi connectivity index (χ3n) is 7.05. The number of aromatic amines is 1. The van der Waals surface area contributed by atoms with E-state index in [0.717, 1.165) is 29.4 Å². The highest BCUT2D eigenvalue weighted by molar-refractivity contribution is 5.91. The van der Waals surface area contributed by atoms with Crippen molar-refractivity contribution in [3.63, 3.8) is 0 Å². The number of fused-ring (bicyclic) bond motifs is 2. The largest absolute Gasteiger partial charge is 0.361 e. The number of hydrogen-bond acceptors (Lipinski definition) is 4. The summed E-state index contributed by atoms with van der Waals surface area (Å²) < 4.78 is 13.7. The van der Waals surface area contributed by atoms with Crippen molar-refractivity contribution in [3.05, 3.63) is 35.8 Å². The SMILES string of the molecule is CN[C@@H](C)C(=O)N[C@H](C(=O)N1CC[C@H]2NC[C@H](c3c[nH]c4cc(F)ccc34)[C@H]21)C(C)(C)C. The first-order valence-corrected chi connectivity index (χ1v) is 11.4. The zero-order valence-corrected chi connectivity index (χ0v) is 19.5. The van der Waals surface area contributed by atoms with Crippen molar-refractivity contribution in [1.82, 2.24) is 25.8 Å². The number of halogens is 1. The second-order valence-corrected chi connectivity index (χ2v) is 10.2. The molecule has 2 fully saturated rings. The van der Waals surface area contributed by atoms with Gasteiger partial charge in [-0.1, -0.05) is 20.8 Å². The van der Waals surface area contributed by atoms with E-state index in [1.54, 1.807) is 14.0 Å². The van der Waals surface area contributed by atoms with Crippen molar-refractivity contribution in [2.24, 2.45) is 5.41 Å². The predicted octanol–water partition coefficient (Wildman–Crippen LogP) is 2.10. The fourth-order valence-corrected chi connectivity index (χ4v) is 5.13. The van der Waals surface area contributed by atoms with E-state index in [9.17, 15) is 14.0 Å². The van der Waals surface area contributed by atoms with Crippen LogP contribution in [0.2, 0.25) is 0 Å². The van der Waals surface area contributed by atoms with Crippen molar-refractivity contribution in [2.45, 2.75) is 64.2 Å². The predicted molar refractivity (Wildman–Crippen MR) is 123 cm³/mol. The fourth-order valence-electron chi connectivity index (χ4n) is 5.13. The van der Waals surface area contributed by atoms with Gasteiger partial charge in [0.1, 0.15) is 11.9 Å². The van der Waals surface area contributed by atoms with Crippen LogP contribution in [0.4, 0.5) is 4.39 Å². The Hall–Kier alpha value is -2.45. The van der Waals surface area contributed by atoms with Crippen LogP contribution >= 0.6 is 0 Å². The molecule has 2 aliphatic heterocycles. The first kappa shape index (κ1) is 22.7. The number of likely N-dealkylation sites (tertiary alicyclic amines) is 1. The molecule has 2 saturated heterocycles. The van der Waals surface area contributed by atoms with Crippen molar-refractivity contribution in [1.29, 1.82) is 0 Å². The van der Waals surface area contributed by atoms with Gasteiger partial charge < -0.3 is 25.8 Å². The number of nitrogens with zero attached hydrogens (tertiary/aromatic N) is 1. The van der Waals surface area contributed by atoms with Gasteiger partial charge in [-0.25, -0.2) is 4.39 Å². The molecule has 4 N–H and O–H groups in total. The van der Waals surface area contributed by atoms with Crippen LogP contribution < -0.4 is 16.0 Å². The van der Waals surface area contributed by atoms with E-state index in [1.807, 2.05) is 37.9 Å². The van der Waals surface area contributed by atoms with Crippen LogP contribution in [0.1, 0.15) is 45.6 Å². The third kappa shape index (κ3) is 4.01. The van der Waals surface area contributed by atoms with Crippen LogP contribution in [0.25, 0.3) is 10.9 Å². The van der Waals surface area contributed by atoms with Crippen LogP contribution in [0.3, 0.4) is 0 Å². The standard InChI is InChI=1S/C24H34FN5O2/c1-13(26-5)22(31)29-21(24(2,3)4)23(32)30-9-8-18-20(30)17(12-27-18)16-11-28-19-10-14(25)6-7-15(16)19/h6-7,10-11,13,17-18,20-21,26-28H,8-9,12H2,1-5H3,(H,29,31)/t13-,17+,18+,20+,21+/m0/s1. The van der Waals surface area contributed by atoms with Gasteiger partial charge in [-0.15, -0.1) is 0 Å². The summed E-state index contributed by atoms with van der Waals surface area (Å²) in [5.74, 6) is -0.402. The number of aromatic nitrogens is 1. The first-order chi connectivity index (χ1) is 15.1. The Morgan fingerprint density at radius 2 is 2.03 bits per heavy atom. The Morgan fingerprint density at radius 3 is 2.72 bits per heavy atom. The molecular weight excluding hydrogens is 409 g/mol. The highest BCUT2D eigenvalue weighted by atomic mass is 19.1. The summed E-state index contributed by atoms with van der Waals surface area (Å²) in [4.78, 5) is 31.6. The summed E-state index contributed by atoms with van der Waals surface area (Å²) in [7, 11) is 1.73. The van der Waals surface area contributed by atoms with Crippen LogP contribution in [-0.4, -0.2) is 66.0 Å². The summed E-state index contributed by atoms with van der Waals surface area (Å²) in [6.07, 6.45) is 2.82. The van der Waals surface area contributed by atoms with Gasteiger partial charge in [0.2, 0.25) is 11.8 Å². The number of carbonyl (C=O) groups is 2. The molecule has 174 valence electrons. The summed E-state index contributed by atoms with van der Waals surface area (Å²) in [5.41, 5.74) is 1.43. The minimum absolute atomic E-state index is 0.00460. The Morgan fingerprint density at radius 1 is 1.28 bits per heavy atom. The molecule has 2 aromatic rings. The minimum atomic E-state index is -0.622. The fraction of sp³-hybridized carbons (Fsp3) is 0.583. The summed E-state index contributed by atoms with van der Waals surface area (Å²) in [6, 6.07) is 3.99. The number of amides is 2. The average Bonchev–Trinajstić information content (AvgIpc) is 3.44. The van der Waals surface area contributed by atoms with Gasteiger partial charge in [-0.05, 0) is 49.6 Å². The lowest BCUT2D eigenvalue weighted by Crippen LogP contribution is -2.58. The number of benzene rings is 1. The van der Waals surface area contributed by atoms with Gasteiger partial charge in [-0.3, -0.25) is 9.59 Å². The second-order valence-electron chi connectivity index (χ2n) is 10.2. The first-order valence-electron chi connectivity index (χ1n) is 11.4. The molecule has 7 nitrogen and oxygen atoms in total. The number of likely N-dealkylation sites (N-methyl/N-ethyl adjacent to an activating group) is 1. The molecule has 4 rings (SSSR count). The monoisotopic (exact) mass is 443 g/mol. The van der Waals surface area contributed by atoms with Crippen LogP contribution in [0.15, 0.2) is 24.4 Å². The van der Waals surface area contributed by atoms with Crippen molar-refractivity contribution in [3.8, 4) is 0 Å². The molecule has 1 aromatic carbocycles.